The van der Waals surface area contributed by atoms with E-state index >= 15 is 0 Å². The van der Waals surface area contributed by atoms with Crippen molar-refractivity contribution in [3.05, 3.63) is 81.8 Å². The lowest BCUT2D eigenvalue weighted by atomic mass is 10.1. The number of aliphatic hydroxyl groups is 1. The Balaban J connectivity index is 1.50. The fourth-order valence-electron chi connectivity index (χ4n) is 4.50. The summed E-state index contributed by atoms with van der Waals surface area (Å²) in [5.41, 5.74) is 5.42. The molecule has 0 saturated carbocycles. The van der Waals surface area contributed by atoms with Gasteiger partial charge in [0.25, 0.3) is 5.56 Å². The van der Waals surface area contributed by atoms with Crippen molar-refractivity contribution in [1.82, 2.24) is 20.3 Å². The summed E-state index contributed by atoms with van der Waals surface area (Å²) in [6.45, 7) is 6.90. The van der Waals surface area contributed by atoms with Gasteiger partial charge < -0.3 is 25.7 Å². The Morgan fingerprint density at radius 1 is 1.17 bits per heavy atom. The van der Waals surface area contributed by atoms with Crippen LogP contribution in [-0.2, 0) is 6.42 Å². The molecule has 0 aliphatic carbocycles. The number of aliphatic hydroxyl groups excluding tert-OH is 1. The molecule has 0 bridgehead atoms. The molecule has 0 spiro atoms. The van der Waals surface area contributed by atoms with Crippen LogP contribution >= 0.6 is 0 Å². The average Bonchev–Trinajstić information content (AvgIpc) is 3.42. The van der Waals surface area contributed by atoms with E-state index in [0.29, 0.717) is 23.5 Å². The molecule has 8 heteroatoms. The largest absolute Gasteiger partial charge is 0.394 e. The van der Waals surface area contributed by atoms with E-state index in [1.54, 1.807) is 12.3 Å². The molecule has 1 atom stereocenters. The van der Waals surface area contributed by atoms with E-state index in [-0.39, 0.29) is 23.7 Å². The lowest BCUT2D eigenvalue weighted by Crippen LogP contribution is -2.39. The van der Waals surface area contributed by atoms with Gasteiger partial charge in [-0.2, -0.15) is 0 Å². The number of aromatic amines is 2. The number of hydrogen-bond acceptors (Lipinski definition) is 6. The van der Waals surface area contributed by atoms with Gasteiger partial charge in [0, 0.05) is 11.8 Å². The van der Waals surface area contributed by atoms with Crippen molar-refractivity contribution in [3.8, 4) is 11.4 Å². The quantitative estimate of drug-likeness (QED) is 0.284. The number of aromatic nitrogens is 3. The third-order valence-corrected chi connectivity index (χ3v) is 6.24. The number of anilines is 1. The third kappa shape index (κ3) is 4.70. The first kappa shape index (κ1) is 22.9. The molecule has 5 rings (SSSR count). The lowest BCUT2D eigenvalue weighted by Gasteiger charge is -2.19. The standard InChI is InChI=1S/C27H30N6O2/c1-16-11-18(24-29-15-27(2,3)33-24)13-21-23(16)32-25(31-21)22-20(9-10-28-26(22)35)30-19(14-34)12-17-7-5-4-6-8-17/h4-11,13,19,34H,12,14-15H2,1-3H3,(H,29,33)(H,31,32)(H2,28,30,35)/t19-/m0/s1. The normalized spacial score (nSPS) is 15.6. The van der Waals surface area contributed by atoms with Crippen LogP contribution in [0, 0.1) is 6.92 Å². The van der Waals surface area contributed by atoms with Crippen LogP contribution in [0.25, 0.3) is 22.4 Å². The van der Waals surface area contributed by atoms with Crippen molar-refractivity contribution in [1.29, 1.82) is 0 Å². The van der Waals surface area contributed by atoms with Gasteiger partial charge >= 0.3 is 0 Å². The molecule has 0 fully saturated rings. The van der Waals surface area contributed by atoms with Gasteiger partial charge in [-0.05, 0) is 56.5 Å². The number of nitrogens with zero attached hydrogens (tertiary/aromatic N) is 2. The molecular formula is C27H30N6O2. The van der Waals surface area contributed by atoms with Crippen molar-refractivity contribution < 1.29 is 5.11 Å². The monoisotopic (exact) mass is 470 g/mol. The van der Waals surface area contributed by atoms with Crippen LogP contribution in [-0.4, -0.2) is 50.6 Å². The molecule has 8 nitrogen and oxygen atoms in total. The number of nitrogens with one attached hydrogen (secondary N) is 4. The van der Waals surface area contributed by atoms with Gasteiger partial charge in [0.1, 0.15) is 17.2 Å². The average molecular weight is 471 g/mol. The molecule has 0 amide bonds. The van der Waals surface area contributed by atoms with Crippen LogP contribution in [0.1, 0.15) is 30.5 Å². The number of benzene rings is 2. The number of hydrogen-bond donors (Lipinski definition) is 5. The van der Waals surface area contributed by atoms with Crippen molar-refractivity contribution in [2.75, 3.05) is 18.5 Å². The molecule has 4 aromatic rings. The van der Waals surface area contributed by atoms with Gasteiger partial charge in [0.2, 0.25) is 0 Å². The molecule has 0 unspecified atom stereocenters. The second-order valence-corrected chi connectivity index (χ2v) is 9.76. The molecule has 2 aromatic carbocycles. The molecule has 180 valence electrons. The molecule has 1 aliphatic rings. The minimum absolute atomic E-state index is 0.0712. The number of aryl methyl sites for hydroxylation is 1. The maximum absolute atomic E-state index is 12.9. The van der Waals surface area contributed by atoms with E-state index in [2.05, 4.69) is 45.5 Å². The van der Waals surface area contributed by atoms with E-state index in [4.69, 9.17) is 4.98 Å². The van der Waals surface area contributed by atoms with Gasteiger partial charge in [0.05, 0.1) is 41.5 Å². The molecule has 0 radical (unpaired) electrons. The zero-order valence-corrected chi connectivity index (χ0v) is 20.1. The Kier molecular flexibility index (Phi) is 5.90. The van der Waals surface area contributed by atoms with Gasteiger partial charge in [-0.25, -0.2) is 4.98 Å². The predicted octanol–water partition coefficient (Wildman–Crippen LogP) is 3.37. The highest BCUT2D eigenvalue weighted by atomic mass is 16.3. The Bertz CT molecular complexity index is 1450. The lowest BCUT2D eigenvalue weighted by molar-refractivity contribution is 0.274. The Morgan fingerprint density at radius 3 is 2.69 bits per heavy atom. The summed E-state index contributed by atoms with van der Waals surface area (Å²) in [6.07, 6.45) is 2.22. The van der Waals surface area contributed by atoms with Crippen LogP contribution in [0.15, 0.2) is 64.5 Å². The van der Waals surface area contributed by atoms with E-state index < -0.39 is 0 Å². The predicted molar refractivity (Wildman–Crippen MR) is 140 cm³/mol. The smallest absolute Gasteiger partial charge is 0.261 e. The highest BCUT2D eigenvalue weighted by Gasteiger charge is 2.26. The minimum Gasteiger partial charge on any atom is -0.394 e. The van der Waals surface area contributed by atoms with Crippen molar-refractivity contribution in [2.24, 2.45) is 4.99 Å². The van der Waals surface area contributed by atoms with Gasteiger partial charge in [0.15, 0.2) is 0 Å². The minimum atomic E-state index is -0.259. The topological polar surface area (TPSA) is 118 Å². The first-order valence-electron chi connectivity index (χ1n) is 11.8. The van der Waals surface area contributed by atoms with Crippen molar-refractivity contribution >= 4 is 22.6 Å². The van der Waals surface area contributed by atoms with Gasteiger partial charge in [-0.3, -0.25) is 9.79 Å². The molecular weight excluding hydrogens is 440 g/mol. The molecule has 1 aliphatic heterocycles. The zero-order chi connectivity index (χ0) is 24.6. The van der Waals surface area contributed by atoms with Gasteiger partial charge in [-0.15, -0.1) is 0 Å². The van der Waals surface area contributed by atoms with Gasteiger partial charge in [-0.1, -0.05) is 30.3 Å². The van der Waals surface area contributed by atoms with Crippen LogP contribution in [0.5, 0.6) is 0 Å². The molecule has 35 heavy (non-hydrogen) atoms. The number of fused-ring (bicyclic) bond motifs is 1. The summed E-state index contributed by atoms with van der Waals surface area (Å²) >= 11 is 0. The highest BCUT2D eigenvalue weighted by Crippen LogP contribution is 2.28. The van der Waals surface area contributed by atoms with Crippen LogP contribution in [0.4, 0.5) is 5.69 Å². The fourth-order valence-corrected chi connectivity index (χ4v) is 4.50. The summed E-state index contributed by atoms with van der Waals surface area (Å²) in [4.78, 5) is 28.5. The van der Waals surface area contributed by atoms with Crippen LogP contribution < -0.4 is 16.2 Å². The second kappa shape index (κ2) is 9.03. The summed E-state index contributed by atoms with van der Waals surface area (Å²) in [7, 11) is 0. The van der Waals surface area contributed by atoms with Crippen molar-refractivity contribution in [3.63, 3.8) is 0 Å². The second-order valence-electron chi connectivity index (χ2n) is 9.76. The summed E-state index contributed by atoms with van der Waals surface area (Å²) in [6, 6.07) is 15.6. The molecule has 5 N–H and O–H groups in total. The van der Waals surface area contributed by atoms with Crippen LogP contribution in [0.3, 0.4) is 0 Å². The van der Waals surface area contributed by atoms with E-state index in [0.717, 1.165) is 40.1 Å². The van der Waals surface area contributed by atoms with Crippen LogP contribution in [0.2, 0.25) is 0 Å². The van der Waals surface area contributed by atoms with E-state index in [9.17, 15) is 9.90 Å². The van der Waals surface area contributed by atoms with E-state index in [1.165, 1.54) is 0 Å². The maximum atomic E-state index is 12.9. The number of pyridine rings is 1. The summed E-state index contributed by atoms with van der Waals surface area (Å²) in [5.74, 6) is 1.34. The third-order valence-electron chi connectivity index (χ3n) is 6.24. The molecule has 2 aromatic heterocycles. The maximum Gasteiger partial charge on any atom is 0.261 e. The SMILES string of the molecule is Cc1cc(C2=NCC(C)(C)N2)cc2[nH]c(-c3c(N[C@H](CO)Cc4ccccc4)cc[nH]c3=O)nc12. The summed E-state index contributed by atoms with van der Waals surface area (Å²) in [5, 5.41) is 16.8. The molecule has 3 heterocycles. The number of imidazole rings is 1. The zero-order valence-electron chi connectivity index (χ0n) is 20.1. The summed E-state index contributed by atoms with van der Waals surface area (Å²) < 4.78 is 0. The number of aliphatic imine (C=N–C) groups is 1. The Hall–Kier alpha value is -3.91. The Labute approximate surface area is 203 Å². The number of amidine groups is 1. The Morgan fingerprint density at radius 2 is 1.97 bits per heavy atom. The number of rotatable bonds is 7. The number of H-pyrrole nitrogens is 2. The van der Waals surface area contributed by atoms with E-state index in [1.807, 2.05) is 43.3 Å². The fraction of sp³-hybridized carbons (Fsp3) is 0.296. The highest BCUT2D eigenvalue weighted by molar-refractivity contribution is 6.03. The first-order valence-corrected chi connectivity index (χ1v) is 11.8. The first-order chi connectivity index (χ1) is 16.8. The molecule has 0 saturated heterocycles. The van der Waals surface area contributed by atoms with Crippen molar-refractivity contribution in [2.45, 2.75) is 38.8 Å².